The molecule has 0 atom stereocenters. The minimum absolute atomic E-state index is 0.0544. The molecule has 39 heavy (non-hydrogen) atoms. The molecule has 0 fully saturated rings. The summed E-state index contributed by atoms with van der Waals surface area (Å²) in [5.74, 6) is -1.46. The summed E-state index contributed by atoms with van der Waals surface area (Å²) < 4.78 is 38.7. The number of amides is 2. The number of hydrogen-bond acceptors (Lipinski definition) is 7. The number of para-hydroxylation sites is 1. The van der Waals surface area contributed by atoms with Gasteiger partial charge in [0.15, 0.2) is 5.57 Å². The summed E-state index contributed by atoms with van der Waals surface area (Å²) in [5.41, 5.74) is 0.830. The third kappa shape index (κ3) is 7.96. The van der Waals surface area contributed by atoms with E-state index in [2.05, 4.69) is 10.6 Å². The van der Waals surface area contributed by atoms with Crippen molar-refractivity contribution < 1.29 is 22.8 Å². The first-order valence-corrected chi connectivity index (χ1v) is 12.5. The van der Waals surface area contributed by atoms with Crippen LogP contribution in [0.15, 0.2) is 59.4 Å². The molecule has 1 heterocycles. The van der Waals surface area contributed by atoms with Gasteiger partial charge in [-0.25, -0.2) is 0 Å². The summed E-state index contributed by atoms with van der Waals surface area (Å²) >= 11 is 0.799. The van der Waals surface area contributed by atoms with Crippen LogP contribution in [0.3, 0.4) is 0 Å². The predicted molar refractivity (Wildman–Crippen MR) is 144 cm³/mol. The maximum atomic E-state index is 12.8. The average Bonchev–Trinajstić information content (AvgIpc) is 3.21. The van der Waals surface area contributed by atoms with E-state index in [1.807, 2.05) is 30.3 Å². The topological polar surface area (TPSA) is 119 Å². The van der Waals surface area contributed by atoms with Gasteiger partial charge in [-0.3, -0.25) is 19.0 Å². The Balaban J connectivity index is 1.80. The van der Waals surface area contributed by atoms with Crippen LogP contribution in [0.2, 0.25) is 0 Å². The van der Waals surface area contributed by atoms with Crippen molar-refractivity contribution in [2.75, 3.05) is 35.7 Å². The number of aromatic nitrogens is 1. The number of benzene rings is 2. The molecular formula is C26H25F3N6O3S. The molecule has 204 valence electrons. The van der Waals surface area contributed by atoms with E-state index < -0.39 is 29.8 Å². The number of carbonyl (C=O) groups is 2. The largest absolute Gasteiger partial charge is 0.405 e. The molecule has 0 saturated carbocycles. The van der Waals surface area contributed by atoms with E-state index in [0.29, 0.717) is 11.4 Å². The molecule has 0 saturated heterocycles. The highest BCUT2D eigenvalue weighted by Gasteiger charge is 2.28. The van der Waals surface area contributed by atoms with Crippen molar-refractivity contribution >= 4 is 52.0 Å². The molecule has 2 amide bonds. The zero-order valence-corrected chi connectivity index (χ0v) is 21.8. The van der Waals surface area contributed by atoms with Crippen molar-refractivity contribution in [1.82, 2.24) is 9.88 Å². The molecule has 1 aromatic heterocycles. The first-order chi connectivity index (χ1) is 18.5. The number of nitrogens with zero attached hydrogens (tertiary/aromatic N) is 3. The number of halogens is 3. The maximum Gasteiger partial charge on any atom is 0.405 e. The lowest BCUT2D eigenvalue weighted by molar-refractivity contribution is -0.135. The SMILES string of the molecule is CCn1c(=O)/c(=C\Nc2cccc(NC(=O)CN(C)c3ccccc3)c2)s/c1=C(/C#N)C(=O)NCC(F)(F)F. The van der Waals surface area contributed by atoms with E-state index in [-0.39, 0.29) is 28.2 Å². The van der Waals surface area contributed by atoms with Gasteiger partial charge in [0.1, 0.15) is 21.8 Å². The van der Waals surface area contributed by atoms with Gasteiger partial charge in [0.05, 0.1) is 6.54 Å². The number of rotatable bonds is 9. The fourth-order valence-electron chi connectivity index (χ4n) is 3.48. The zero-order valence-electron chi connectivity index (χ0n) is 21.0. The summed E-state index contributed by atoms with van der Waals surface area (Å²) in [6.45, 7) is 0.222. The third-order valence-electron chi connectivity index (χ3n) is 5.32. The number of thiazole rings is 1. The number of alkyl halides is 3. The Hall–Kier alpha value is -4.57. The van der Waals surface area contributed by atoms with E-state index >= 15 is 0 Å². The van der Waals surface area contributed by atoms with Crippen LogP contribution in [0.5, 0.6) is 0 Å². The van der Waals surface area contributed by atoms with E-state index in [1.165, 1.54) is 6.20 Å². The number of nitrogens with one attached hydrogen (secondary N) is 3. The number of carbonyl (C=O) groups excluding carboxylic acids is 2. The van der Waals surface area contributed by atoms with Crippen LogP contribution in [0.1, 0.15) is 6.92 Å². The summed E-state index contributed by atoms with van der Waals surface area (Å²) in [5, 5.41) is 16.8. The van der Waals surface area contributed by atoms with Crippen molar-refractivity contribution in [2.24, 2.45) is 0 Å². The van der Waals surface area contributed by atoms with E-state index in [4.69, 9.17) is 0 Å². The second-order valence-corrected chi connectivity index (χ2v) is 9.25. The van der Waals surface area contributed by atoms with Crippen LogP contribution < -0.4 is 35.6 Å². The Morgan fingerprint density at radius 1 is 1.13 bits per heavy atom. The van der Waals surface area contributed by atoms with Crippen LogP contribution in [-0.2, 0) is 16.1 Å². The molecule has 3 aromatic rings. The molecule has 0 aliphatic carbocycles. The van der Waals surface area contributed by atoms with E-state index in [0.717, 1.165) is 21.6 Å². The first kappa shape index (κ1) is 29.0. The van der Waals surface area contributed by atoms with Crippen molar-refractivity contribution in [1.29, 1.82) is 5.26 Å². The molecule has 3 N–H and O–H groups in total. The normalized spacial score (nSPS) is 12.4. The lowest BCUT2D eigenvalue weighted by Crippen LogP contribution is -2.37. The highest BCUT2D eigenvalue weighted by Crippen LogP contribution is 2.16. The van der Waals surface area contributed by atoms with Gasteiger partial charge >= 0.3 is 6.18 Å². The number of nitriles is 1. The van der Waals surface area contributed by atoms with Crippen molar-refractivity contribution in [3.63, 3.8) is 0 Å². The van der Waals surface area contributed by atoms with E-state index in [1.54, 1.807) is 54.5 Å². The molecule has 2 aromatic carbocycles. The molecule has 9 nitrogen and oxygen atoms in total. The minimum atomic E-state index is -4.65. The Morgan fingerprint density at radius 3 is 2.46 bits per heavy atom. The average molecular weight is 559 g/mol. The molecule has 0 radical (unpaired) electrons. The molecule has 0 spiro atoms. The van der Waals surface area contributed by atoms with Gasteiger partial charge in [-0.15, -0.1) is 11.3 Å². The number of anilines is 3. The highest BCUT2D eigenvalue weighted by molar-refractivity contribution is 7.07. The number of hydrogen-bond donors (Lipinski definition) is 3. The van der Waals surface area contributed by atoms with Crippen LogP contribution in [0.4, 0.5) is 30.2 Å². The minimum Gasteiger partial charge on any atom is -0.365 e. The maximum absolute atomic E-state index is 12.8. The molecule has 3 rings (SSSR count). The van der Waals surface area contributed by atoms with Crippen LogP contribution in [0, 0.1) is 11.3 Å². The fraction of sp³-hybridized carbons (Fsp3) is 0.231. The third-order valence-corrected chi connectivity index (χ3v) is 6.45. The number of likely N-dealkylation sites (N-methyl/N-ethyl adjacent to an activating group) is 1. The Labute approximate surface area is 225 Å². The van der Waals surface area contributed by atoms with E-state index in [9.17, 15) is 32.8 Å². The standard InChI is InChI=1S/C26H25F3N6O3S/c1-3-35-24(38)21(39-25(35)20(13-30)23(37)32-16-26(27,28)29)14-31-17-8-7-9-18(12-17)33-22(36)15-34(2)19-10-5-4-6-11-19/h4-12,14,31H,3,15-16H2,1-2H3,(H,32,37)(H,33,36)/b21-14+,25-20-. The zero-order chi connectivity index (χ0) is 28.6. The lowest BCUT2D eigenvalue weighted by atomic mass is 10.2. The second-order valence-electron chi connectivity index (χ2n) is 8.21. The van der Waals surface area contributed by atoms with Gasteiger partial charge < -0.3 is 20.9 Å². The smallest absolute Gasteiger partial charge is 0.365 e. The molecule has 0 aliphatic rings. The van der Waals surface area contributed by atoms with Gasteiger partial charge in [-0.1, -0.05) is 24.3 Å². The second kappa shape index (κ2) is 12.8. The monoisotopic (exact) mass is 558 g/mol. The summed E-state index contributed by atoms with van der Waals surface area (Å²) in [7, 11) is 1.80. The van der Waals surface area contributed by atoms with Gasteiger partial charge in [-0.05, 0) is 37.3 Å². The van der Waals surface area contributed by atoms with Gasteiger partial charge in [0.25, 0.3) is 11.5 Å². The Bertz CT molecular complexity index is 1560. The molecular weight excluding hydrogens is 533 g/mol. The molecule has 0 bridgehead atoms. The van der Waals surface area contributed by atoms with Gasteiger partial charge in [-0.2, -0.15) is 18.4 Å². The van der Waals surface area contributed by atoms with Crippen LogP contribution >= 0.6 is 11.3 Å². The summed E-state index contributed by atoms with van der Waals surface area (Å²) in [6, 6.07) is 17.8. The van der Waals surface area contributed by atoms with Crippen molar-refractivity contribution in [3.8, 4) is 6.07 Å². The fourth-order valence-corrected chi connectivity index (χ4v) is 4.57. The first-order valence-electron chi connectivity index (χ1n) is 11.6. The molecule has 0 unspecified atom stereocenters. The van der Waals surface area contributed by atoms with Crippen molar-refractivity contribution in [2.45, 2.75) is 19.6 Å². The van der Waals surface area contributed by atoms with Crippen LogP contribution in [0.25, 0.3) is 11.8 Å². The Morgan fingerprint density at radius 2 is 1.82 bits per heavy atom. The summed E-state index contributed by atoms with van der Waals surface area (Å²) in [4.78, 5) is 39.4. The lowest BCUT2D eigenvalue weighted by Gasteiger charge is -2.18. The predicted octanol–water partition coefficient (Wildman–Crippen LogP) is 2.21. The quantitative estimate of drug-likeness (QED) is 0.371. The van der Waals surface area contributed by atoms with Crippen molar-refractivity contribution in [3.05, 3.63) is 74.1 Å². The highest BCUT2D eigenvalue weighted by atomic mass is 32.1. The van der Waals surface area contributed by atoms with Gasteiger partial charge in [0.2, 0.25) is 5.91 Å². The molecule has 13 heteroatoms. The Kier molecular flexibility index (Phi) is 9.51. The summed E-state index contributed by atoms with van der Waals surface area (Å²) in [6.07, 6.45) is -3.28. The molecule has 0 aliphatic heterocycles. The van der Waals surface area contributed by atoms with Gasteiger partial charge in [0, 0.05) is 36.9 Å². The van der Waals surface area contributed by atoms with Crippen LogP contribution in [-0.4, -0.2) is 42.7 Å².